The minimum atomic E-state index is -2.09. The maximum Gasteiger partial charge on any atom is 0.403 e. The number of fused-ring (bicyclic) bond motifs is 6. The summed E-state index contributed by atoms with van der Waals surface area (Å²) in [6.45, 7) is 0. The Morgan fingerprint density at radius 1 is 0.833 bits per heavy atom. The van der Waals surface area contributed by atoms with Gasteiger partial charge in [-0.1, -0.05) is 6.07 Å². The van der Waals surface area contributed by atoms with Crippen LogP contribution in [0.15, 0.2) is 54.6 Å². The highest BCUT2D eigenvalue weighted by atomic mass is 17.0. The van der Waals surface area contributed by atoms with Gasteiger partial charge < -0.3 is 19.7 Å². The molecule has 0 atom stereocenters. The number of phenols is 2. The van der Waals surface area contributed by atoms with Gasteiger partial charge in [-0.25, -0.2) is 24.0 Å². The van der Waals surface area contributed by atoms with E-state index in [4.69, 9.17) is 14.3 Å². The van der Waals surface area contributed by atoms with Crippen LogP contribution in [0.5, 0.6) is 23.0 Å². The smallest absolute Gasteiger partial charge is 0.403 e. The van der Waals surface area contributed by atoms with Crippen molar-refractivity contribution >= 4 is 23.8 Å². The molecule has 3 heterocycles. The Morgan fingerprint density at radius 2 is 1.39 bits per heavy atom. The Labute approximate surface area is 201 Å². The van der Waals surface area contributed by atoms with E-state index in [1.807, 2.05) is 0 Å². The van der Waals surface area contributed by atoms with Gasteiger partial charge in [0.25, 0.3) is 0 Å². The lowest BCUT2D eigenvalue weighted by atomic mass is 9.77. The number of carbonyl (C=O) groups excluding carboxylic acids is 4. The summed E-state index contributed by atoms with van der Waals surface area (Å²) >= 11 is 0. The van der Waals surface area contributed by atoms with Crippen LogP contribution in [-0.2, 0) is 24.8 Å². The number of hydrogen-bond acceptors (Lipinski definition) is 10. The van der Waals surface area contributed by atoms with E-state index in [0.29, 0.717) is 16.7 Å². The number of hydrogen-bond donors (Lipinski definition) is 3. The van der Waals surface area contributed by atoms with Gasteiger partial charge >= 0.3 is 23.8 Å². The average molecular weight is 490 g/mol. The van der Waals surface area contributed by atoms with E-state index in [0.717, 1.165) is 0 Å². The molecule has 3 aliphatic heterocycles. The summed E-state index contributed by atoms with van der Waals surface area (Å²) < 4.78 is 11.8. The fraction of sp³-hybridized carbons (Fsp3) is 0.120. The molecule has 3 N–H and O–H groups in total. The molecule has 36 heavy (non-hydrogen) atoms. The van der Waals surface area contributed by atoms with Crippen molar-refractivity contribution in [2.75, 3.05) is 0 Å². The molecule has 0 unspecified atom stereocenters. The number of hydroxylamine groups is 4. The standard InChI is InChI=1S/C25H15NO10/c27-13-2-5-17-19(10-13)34-20-11-14(28)3-6-18(20)25(17)16-4-1-12(9-15(16)24(32)35-25)23(31)36-26(33)21(29)7-8-22(26)30/h1-6,9-11,33H,7-8H2,(H-,27,28)/p+1. The minimum Gasteiger partial charge on any atom is -0.508 e. The first-order chi connectivity index (χ1) is 17.1. The van der Waals surface area contributed by atoms with Crippen molar-refractivity contribution in [2.45, 2.75) is 18.4 Å². The molecule has 0 radical (unpaired) electrons. The van der Waals surface area contributed by atoms with Crippen LogP contribution in [0.3, 0.4) is 0 Å². The van der Waals surface area contributed by atoms with Crippen LogP contribution in [0.4, 0.5) is 0 Å². The third-order valence-electron chi connectivity index (χ3n) is 6.45. The lowest BCUT2D eigenvalue weighted by molar-refractivity contribution is -1.12. The number of phenolic OH excluding ortho intramolecular Hbond substituents is 2. The normalized spacial score (nSPS) is 18.2. The average Bonchev–Trinajstić information content (AvgIpc) is 3.27. The summed E-state index contributed by atoms with van der Waals surface area (Å²) in [6, 6.07) is 12.5. The molecule has 3 aliphatic rings. The van der Waals surface area contributed by atoms with Gasteiger partial charge in [0.1, 0.15) is 27.8 Å². The van der Waals surface area contributed by atoms with E-state index in [2.05, 4.69) is 0 Å². The zero-order valence-electron chi connectivity index (χ0n) is 18.3. The molecule has 0 saturated carbocycles. The summed E-state index contributed by atoms with van der Waals surface area (Å²) in [6.07, 6.45) is -0.540. The number of carbonyl (C=O) groups is 4. The van der Waals surface area contributed by atoms with Crippen molar-refractivity contribution in [3.63, 3.8) is 0 Å². The molecule has 0 aliphatic carbocycles. The second-order valence-electron chi connectivity index (χ2n) is 8.54. The molecule has 180 valence electrons. The predicted octanol–water partition coefficient (Wildman–Crippen LogP) is 2.79. The third-order valence-corrected chi connectivity index (χ3v) is 6.45. The van der Waals surface area contributed by atoms with Gasteiger partial charge in [-0.2, -0.15) is 5.21 Å². The number of esters is 1. The monoisotopic (exact) mass is 490 g/mol. The molecule has 11 heteroatoms. The molecular formula is C25H16NO10+. The molecule has 0 bridgehead atoms. The minimum absolute atomic E-state index is 0.00651. The van der Waals surface area contributed by atoms with Crippen LogP contribution >= 0.6 is 0 Å². The van der Waals surface area contributed by atoms with E-state index in [1.165, 1.54) is 54.6 Å². The first-order valence-corrected chi connectivity index (χ1v) is 10.8. The van der Waals surface area contributed by atoms with Crippen LogP contribution in [0.2, 0.25) is 0 Å². The number of amides is 2. The zero-order chi connectivity index (χ0) is 25.4. The van der Waals surface area contributed by atoms with Crippen molar-refractivity contribution in [3.05, 3.63) is 82.4 Å². The molecule has 1 fully saturated rings. The van der Waals surface area contributed by atoms with Gasteiger partial charge in [0, 0.05) is 28.8 Å². The Kier molecular flexibility index (Phi) is 4.31. The van der Waals surface area contributed by atoms with Gasteiger partial charge in [0.05, 0.1) is 24.0 Å². The lowest BCUT2D eigenvalue weighted by Gasteiger charge is -2.36. The van der Waals surface area contributed by atoms with Crippen molar-refractivity contribution in [3.8, 4) is 23.0 Å². The highest BCUT2D eigenvalue weighted by Crippen LogP contribution is 2.57. The van der Waals surface area contributed by atoms with Crippen LogP contribution < -0.4 is 4.74 Å². The van der Waals surface area contributed by atoms with Crippen molar-refractivity contribution in [1.82, 2.24) is 0 Å². The molecule has 1 saturated heterocycles. The van der Waals surface area contributed by atoms with Gasteiger partial charge in [-0.05, 0) is 36.4 Å². The van der Waals surface area contributed by atoms with Crippen molar-refractivity contribution < 1.29 is 53.7 Å². The number of nitrogens with zero attached hydrogens (tertiary/aromatic N) is 1. The third kappa shape index (κ3) is 2.81. The highest BCUT2D eigenvalue weighted by molar-refractivity contribution is 6.01. The summed E-state index contributed by atoms with van der Waals surface area (Å²) in [7, 11) is 0. The van der Waals surface area contributed by atoms with Crippen LogP contribution in [0, 0.1) is 0 Å². The van der Waals surface area contributed by atoms with Crippen molar-refractivity contribution in [2.24, 2.45) is 0 Å². The van der Waals surface area contributed by atoms with E-state index in [1.54, 1.807) is 0 Å². The Bertz CT molecular complexity index is 1470. The summed E-state index contributed by atoms with van der Waals surface area (Å²) in [5.41, 5.74) is -0.598. The molecule has 0 aromatic heterocycles. The number of imide groups is 1. The quantitative estimate of drug-likeness (QED) is 0.211. The molecule has 6 rings (SSSR count). The predicted molar refractivity (Wildman–Crippen MR) is 115 cm³/mol. The van der Waals surface area contributed by atoms with E-state index < -0.39 is 34.2 Å². The number of quaternary nitrogens is 1. The molecule has 2 amide bonds. The largest absolute Gasteiger partial charge is 0.508 e. The molecule has 11 nitrogen and oxygen atoms in total. The number of rotatable bonds is 2. The number of ether oxygens (including phenoxy) is 2. The molecule has 3 aromatic carbocycles. The Morgan fingerprint density at radius 3 is 1.97 bits per heavy atom. The van der Waals surface area contributed by atoms with Crippen molar-refractivity contribution in [1.29, 1.82) is 0 Å². The molecular weight excluding hydrogens is 474 g/mol. The van der Waals surface area contributed by atoms with Gasteiger partial charge in [0.2, 0.25) is 0 Å². The number of aromatic hydroxyl groups is 2. The SMILES string of the molecule is O=C(O[N+]1(O)C(=O)CCC1=O)c1ccc2c(c1)C(=O)OC21c2ccc(O)cc2Oc2cc(O)ccc21. The van der Waals surface area contributed by atoms with Gasteiger partial charge in [-0.15, -0.1) is 0 Å². The van der Waals surface area contributed by atoms with E-state index in [-0.39, 0.29) is 47.0 Å². The maximum absolute atomic E-state index is 13.1. The molecule has 3 aromatic rings. The van der Waals surface area contributed by atoms with Crippen LogP contribution in [0.25, 0.3) is 0 Å². The van der Waals surface area contributed by atoms with Crippen LogP contribution in [-0.4, -0.2) is 44.0 Å². The van der Waals surface area contributed by atoms with Gasteiger partial charge in [0.15, 0.2) is 5.60 Å². The maximum atomic E-state index is 13.1. The molecule has 1 spiro atoms. The number of benzene rings is 3. The van der Waals surface area contributed by atoms with E-state index >= 15 is 0 Å². The zero-order valence-corrected chi connectivity index (χ0v) is 18.3. The first-order valence-electron chi connectivity index (χ1n) is 10.8. The fourth-order valence-electron chi connectivity index (χ4n) is 4.76. The Balaban J connectivity index is 1.48. The summed E-state index contributed by atoms with van der Waals surface area (Å²) in [5, 5.41) is 30.2. The summed E-state index contributed by atoms with van der Waals surface area (Å²) in [4.78, 5) is 52.3. The van der Waals surface area contributed by atoms with Crippen LogP contribution in [0.1, 0.15) is 50.2 Å². The fourth-order valence-corrected chi connectivity index (χ4v) is 4.76. The second kappa shape index (κ2) is 7.13. The highest BCUT2D eigenvalue weighted by Gasteiger charge is 2.56. The second-order valence-corrected chi connectivity index (χ2v) is 8.54. The van der Waals surface area contributed by atoms with E-state index in [9.17, 15) is 34.6 Å². The first kappa shape index (κ1) is 21.8. The summed E-state index contributed by atoms with van der Waals surface area (Å²) in [5.74, 6) is -3.75. The lowest BCUT2D eigenvalue weighted by Crippen LogP contribution is -2.50. The van der Waals surface area contributed by atoms with Gasteiger partial charge in [-0.3, -0.25) is 0 Å². The topological polar surface area (TPSA) is 157 Å². The Hall–Kier alpha value is -4.74.